The molecular formula is C29H40FN3O9S. The van der Waals surface area contributed by atoms with E-state index in [1.807, 2.05) is 6.92 Å². The quantitative estimate of drug-likeness (QED) is 0.221. The monoisotopic (exact) mass is 625 g/mol. The number of carbonyl (C=O) groups is 2. The number of fused-ring (bicyclic) bond motifs is 1. The van der Waals surface area contributed by atoms with Gasteiger partial charge in [0.15, 0.2) is 0 Å². The van der Waals surface area contributed by atoms with Crippen LogP contribution >= 0.6 is 11.8 Å². The molecule has 0 aliphatic carbocycles. The topological polar surface area (TPSA) is 182 Å². The maximum atomic E-state index is 15.7. The Bertz CT molecular complexity index is 1400. The zero-order chi connectivity index (χ0) is 31.7. The zero-order valence-corrected chi connectivity index (χ0v) is 25.3. The average Bonchev–Trinajstić information content (AvgIpc) is 3.39. The Balaban J connectivity index is 1.71. The van der Waals surface area contributed by atoms with Gasteiger partial charge in [-0.05, 0) is 51.0 Å². The average molecular weight is 626 g/mol. The van der Waals surface area contributed by atoms with Gasteiger partial charge in [-0.1, -0.05) is 13.3 Å². The molecule has 1 amide bonds. The Kier molecular flexibility index (Phi) is 10.4. The van der Waals surface area contributed by atoms with Crippen molar-refractivity contribution in [3.8, 4) is 0 Å². The molecule has 0 radical (unpaired) electrons. The van der Waals surface area contributed by atoms with Crippen molar-refractivity contribution in [3.63, 3.8) is 0 Å². The van der Waals surface area contributed by atoms with E-state index in [4.69, 9.17) is 4.74 Å². The molecular weight excluding hydrogens is 585 g/mol. The predicted molar refractivity (Wildman–Crippen MR) is 159 cm³/mol. The van der Waals surface area contributed by atoms with Gasteiger partial charge >= 0.3 is 5.97 Å². The molecule has 2 aromatic rings. The fraction of sp³-hybridized carbons (Fsp3) is 0.621. The molecule has 2 aliphatic rings. The largest absolute Gasteiger partial charge is 0.477 e. The van der Waals surface area contributed by atoms with Crippen LogP contribution in [-0.2, 0) is 16.1 Å². The van der Waals surface area contributed by atoms with E-state index in [-0.39, 0.29) is 17.0 Å². The smallest absolute Gasteiger partial charge is 0.341 e. The minimum absolute atomic E-state index is 0.0259. The number of aliphatic hydroxyl groups is 4. The molecule has 1 aromatic heterocycles. The van der Waals surface area contributed by atoms with Crippen LogP contribution < -0.4 is 15.6 Å². The summed E-state index contributed by atoms with van der Waals surface area (Å²) in [6.07, 6.45) is -2.21. The number of nitrogens with one attached hydrogen (secondary N) is 1. The van der Waals surface area contributed by atoms with Crippen molar-refractivity contribution in [2.45, 2.75) is 94.6 Å². The van der Waals surface area contributed by atoms with Gasteiger partial charge in [-0.3, -0.25) is 9.59 Å². The summed E-state index contributed by atoms with van der Waals surface area (Å²) in [5, 5.41) is 54.1. The van der Waals surface area contributed by atoms with E-state index in [9.17, 15) is 39.9 Å². The van der Waals surface area contributed by atoms with Crippen molar-refractivity contribution in [1.82, 2.24) is 9.88 Å². The summed E-state index contributed by atoms with van der Waals surface area (Å²) in [6, 6.07) is 0.398. The van der Waals surface area contributed by atoms with Gasteiger partial charge in [-0.2, -0.15) is 0 Å². The molecule has 9 atom stereocenters. The van der Waals surface area contributed by atoms with Crippen LogP contribution in [0.1, 0.15) is 50.4 Å². The van der Waals surface area contributed by atoms with Crippen LogP contribution in [0.4, 0.5) is 10.1 Å². The van der Waals surface area contributed by atoms with Crippen molar-refractivity contribution < 1.29 is 44.2 Å². The second-order valence-corrected chi connectivity index (χ2v) is 12.2. The lowest BCUT2D eigenvalue weighted by atomic mass is 9.92. The SMILES string of the molecule is CCC[C@@H]1C[C@@H](C(=O)N[C@@H]([C@H]2O[C@H](SC)[C@H](O)[C@@H](O)[C@H]2O)[C@@H](C)O)N(c2cc3c(cc2F)c(=O)c(C(=O)O)cn3CC)C1. The third-order valence-corrected chi connectivity index (χ3v) is 9.29. The van der Waals surface area contributed by atoms with Crippen molar-refractivity contribution in [1.29, 1.82) is 0 Å². The van der Waals surface area contributed by atoms with Crippen molar-refractivity contribution in [2.75, 3.05) is 17.7 Å². The first-order chi connectivity index (χ1) is 20.3. The number of aliphatic hydroxyl groups excluding tert-OH is 4. The van der Waals surface area contributed by atoms with E-state index in [2.05, 4.69) is 5.32 Å². The second kappa shape index (κ2) is 13.5. The number of carboxylic acid groups (broad SMARTS) is 1. The number of hydrogen-bond donors (Lipinski definition) is 6. The van der Waals surface area contributed by atoms with Crippen LogP contribution in [0.5, 0.6) is 0 Å². The number of benzene rings is 1. The fourth-order valence-corrected chi connectivity index (χ4v) is 6.87. The number of rotatable bonds is 10. The number of carbonyl (C=O) groups excluding carboxylic acids is 1. The molecule has 0 saturated carbocycles. The lowest BCUT2D eigenvalue weighted by molar-refractivity contribution is -0.211. The standard InChI is InChI=1S/C29H40FN3O9S/c1-5-7-14-8-20(27(39)31-21(13(3)34)26-24(37)23(36)25(38)29(42-26)43-4)33(11-14)19-10-18-15(9-17(19)30)22(35)16(28(40)41)12-32(18)6-2/h9-10,12-14,20-21,23-26,29,34,36-38H,5-8,11H2,1-4H3,(H,31,39)(H,40,41)/t13-,14-,20+,21-,23+,24-,25-,26-,29-/m1/s1. The normalized spacial score (nSPS) is 29.0. The number of halogens is 1. The highest BCUT2D eigenvalue weighted by molar-refractivity contribution is 7.99. The number of aromatic nitrogens is 1. The van der Waals surface area contributed by atoms with Crippen molar-refractivity contribution in [3.05, 3.63) is 39.9 Å². The molecule has 6 N–H and O–H groups in total. The number of anilines is 1. The van der Waals surface area contributed by atoms with Gasteiger partial charge in [-0.15, -0.1) is 11.8 Å². The Hall–Kier alpha value is -2.75. The van der Waals surface area contributed by atoms with Crippen LogP contribution in [0, 0.1) is 11.7 Å². The van der Waals surface area contributed by atoms with Gasteiger partial charge in [0.1, 0.15) is 47.3 Å². The van der Waals surface area contributed by atoms with Crippen molar-refractivity contribution in [2.24, 2.45) is 5.92 Å². The van der Waals surface area contributed by atoms with Crippen LogP contribution in [0.2, 0.25) is 0 Å². The minimum Gasteiger partial charge on any atom is -0.477 e. The first-order valence-electron chi connectivity index (χ1n) is 14.4. The Morgan fingerprint density at radius 2 is 1.88 bits per heavy atom. The van der Waals surface area contributed by atoms with E-state index in [1.165, 1.54) is 19.2 Å². The van der Waals surface area contributed by atoms with Gasteiger partial charge in [0.2, 0.25) is 11.3 Å². The highest BCUT2D eigenvalue weighted by atomic mass is 32.2. The maximum absolute atomic E-state index is 15.7. The van der Waals surface area contributed by atoms with E-state index in [1.54, 1.807) is 22.6 Å². The number of nitrogens with zero attached hydrogens (tertiary/aromatic N) is 2. The minimum atomic E-state index is -1.61. The second-order valence-electron chi connectivity index (χ2n) is 11.3. The third kappa shape index (κ3) is 6.40. The lowest BCUT2D eigenvalue weighted by Gasteiger charge is -2.44. The maximum Gasteiger partial charge on any atom is 0.341 e. The number of ether oxygens (including phenoxy) is 1. The highest BCUT2D eigenvalue weighted by Gasteiger charge is 2.49. The summed E-state index contributed by atoms with van der Waals surface area (Å²) in [5.74, 6) is -2.74. The van der Waals surface area contributed by atoms with E-state index < -0.39 is 76.7 Å². The molecule has 1 aromatic carbocycles. The molecule has 0 unspecified atom stereocenters. The van der Waals surface area contributed by atoms with Crippen LogP contribution in [0.25, 0.3) is 10.9 Å². The summed E-state index contributed by atoms with van der Waals surface area (Å²) < 4.78 is 23.1. The molecule has 238 valence electrons. The van der Waals surface area contributed by atoms with E-state index >= 15 is 4.39 Å². The molecule has 2 aliphatic heterocycles. The summed E-state index contributed by atoms with van der Waals surface area (Å²) in [7, 11) is 0. The fourth-order valence-electron chi connectivity index (χ4n) is 6.19. The van der Waals surface area contributed by atoms with Crippen LogP contribution in [-0.4, -0.2) is 103 Å². The number of pyridine rings is 1. The number of aryl methyl sites for hydroxylation is 1. The first kappa shape index (κ1) is 33.1. The number of amides is 1. The molecule has 2 fully saturated rings. The molecule has 0 bridgehead atoms. The van der Waals surface area contributed by atoms with E-state index in [0.717, 1.165) is 30.7 Å². The Morgan fingerprint density at radius 1 is 1.19 bits per heavy atom. The van der Waals surface area contributed by atoms with Crippen molar-refractivity contribution >= 4 is 40.2 Å². The van der Waals surface area contributed by atoms with Gasteiger partial charge in [-0.25, -0.2) is 9.18 Å². The highest BCUT2D eigenvalue weighted by Crippen LogP contribution is 2.36. The molecule has 43 heavy (non-hydrogen) atoms. The van der Waals surface area contributed by atoms with Gasteiger partial charge in [0.25, 0.3) is 0 Å². The molecule has 2 saturated heterocycles. The summed E-state index contributed by atoms with van der Waals surface area (Å²) in [4.78, 5) is 39.9. The van der Waals surface area contributed by atoms with Crippen LogP contribution in [0.3, 0.4) is 0 Å². The predicted octanol–water partition coefficient (Wildman–Crippen LogP) is 0.890. The van der Waals surface area contributed by atoms with Gasteiger partial charge in [0, 0.05) is 24.7 Å². The molecule has 12 nitrogen and oxygen atoms in total. The number of aromatic carboxylic acids is 1. The van der Waals surface area contributed by atoms with E-state index in [0.29, 0.717) is 25.0 Å². The summed E-state index contributed by atoms with van der Waals surface area (Å²) >= 11 is 1.10. The number of thioether (sulfide) groups is 1. The zero-order valence-electron chi connectivity index (χ0n) is 24.5. The van der Waals surface area contributed by atoms with Gasteiger partial charge in [0.05, 0.1) is 23.3 Å². The first-order valence-corrected chi connectivity index (χ1v) is 15.7. The summed E-state index contributed by atoms with van der Waals surface area (Å²) in [5.41, 5.74) is -1.80. The molecule has 3 heterocycles. The molecule has 14 heteroatoms. The van der Waals surface area contributed by atoms with Gasteiger partial charge < -0.3 is 45.1 Å². The molecule has 4 rings (SSSR count). The third-order valence-electron chi connectivity index (χ3n) is 8.44. The number of carboxylic acids is 1. The lowest BCUT2D eigenvalue weighted by Crippen LogP contribution is -2.65. The number of hydrogen-bond acceptors (Lipinski definition) is 10. The molecule has 0 spiro atoms. The Labute approximate surface area is 252 Å². The Morgan fingerprint density at radius 3 is 2.47 bits per heavy atom. The van der Waals surface area contributed by atoms with Crippen LogP contribution in [0.15, 0.2) is 23.1 Å². The summed E-state index contributed by atoms with van der Waals surface area (Å²) in [6.45, 7) is 5.80.